The molecular weight excluding hydrogens is 226 g/mol. The molecule has 0 heterocycles. The number of nitrogens with one attached hydrogen (secondary N) is 2. The third kappa shape index (κ3) is 4.91. The highest BCUT2D eigenvalue weighted by Gasteiger charge is 2.04. The lowest BCUT2D eigenvalue weighted by atomic mass is 10.1. The fourth-order valence-electron chi connectivity index (χ4n) is 1.46. The van der Waals surface area contributed by atoms with E-state index in [0.29, 0.717) is 24.9 Å². The summed E-state index contributed by atoms with van der Waals surface area (Å²) in [6.45, 7) is 0.713. The number of aryl methyl sites for hydroxylation is 1. The Morgan fingerprint density at radius 2 is 2.12 bits per heavy atom. The Morgan fingerprint density at radius 3 is 2.82 bits per heavy atom. The van der Waals surface area contributed by atoms with Gasteiger partial charge in [-0.3, -0.25) is 4.79 Å². The first kappa shape index (κ1) is 13.6. The van der Waals surface area contributed by atoms with Crippen molar-refractivity contribution in [2.24, 2.45) is 0 Å². The molecule has 0 aliphatic rings. The molecule has 0 spiro atoms. The highest BCUT2D eigenvalue weighted by Crippen LogP contribution is 2.11. The SMILES string of the molecule is CNCC(=O)NCCCc1cc(F)ccc1F. The second-order valence-electron chi connectivity index (χ2n) is 3.72. The van der Waals surface area contributed by atoms with Crippen LogP contribution in [0.1, 0.15) is 12.0 Å². The number of hydrogen-bond donors (Lipinski definition) is 2. The molecule has 0 unspecified atom stereocenters. The number of likely N-dealkylation sites (N-methyl/N-ethyl adjacent to an activating group) is 1. The van der Waals surface area contributed by atoms with E-state index in [9.17, 15) is 13.6 Å². The zero-order valence-corrected chi connectivity index (χ0v) is 9.72. The molecule has 0 aliphatic heterocycles. The van der Waals surface area contributed by atoms with Crippen LogP contribution in [0.3, 0.4) is 0 Å². The van der Waals surface area contributed by atoms with Crippen molar-refractivity contribution in [1.82, 2.24) is 10.6 Å². The van der Waals surface area contributed by atoms with Gasteiger partial charge in [0.25, 0.3) is 0 Å². The standard InChI is InChI=1S/C12H16F2N2O/c1-15-8-12(17)16-6-2-3-9-7-10(13)4-5-11(9)14/h4-5,7,15H,2-3,6,8H2,1H3,(H,16,17). The molecule has 17 heavy (non-hydrogen) atoms. The molecule has 0 saturated carbocycles. The van der Waals surface area contributed by atoms with Crippen molar-refractivity contribution >= 4 is 5.91 Å². The third-order valence-electron chi connectivity index (χ3n) is 2.29. The van der Waals surface area contributed by atoms with Crippen LogP contribution in [0.25, 0.3) is 0 Å². The summed E-state index contributed by atoms with van der Waals surface area (Å²) in [4.78, 5) is 11.1. The van der Waals surface area contributed by atoms with Crippen molar-refractivity contribution in [3.05, 3.63) is 35.4 Å². The van der Waals surface area contributed by atoms with Gasteiger partial charge in [-0.2, -0.15) is 0 Å². The summed E-state index contributed by atoms with van der Waals surface area (Å²) in [5, 5.41) is 5.39. The maximum absolute atomic E-state index is 13.2. The van der Waals surface area contributed by atoms with Crippen LogP contribution in [0.4, 0.5) is 8.78 Å². The van der Waals surface area contributed by atoms with Gasteiger partial charge < -0.3 is 10.6 Å². The zero-order chi connectivity index (χ0) is 12.7. The van der Waals surface area contributed by atoms with Crippen molar-refractivity contribution in [2.75, 3.05) is 20.1 Å². The molecular formula is C12H16F2N2O. The number of amides is 1. The molecule has 1 rings (SSSR count). The van der Waals surface area contributed by atoms with Gasteiger partial charge in [-0.05, 0) is 43.7 Å². The van der Waals surface area contributed by atoms with Gasteiger partial charge in [0.1, 0.15) is 11.6 Å². The largest absolute Gasteiger partial charge is 0.355 e. The Morgan fingerprint density at radius 1 is 1.35 bits per heavy atom. The Balaban J connectivity index is 2.31. The van der Waals surface area contributed by atoms with Gasteiger partial charge in [-0.25, -0.2) is 8.78 Å². The van der Waals surface area contributed by atoms with Crippen LogP contribution in [0, 0.1) is 11.6 Å². The van der Waals surface area contributed by atoms with Crippen LogP contribution in [-0.2, 0) is 11.2 Å². The molecule has 0 atom stereocenters. The summed E-state index contributed by atoms with van der Waals surface area (Å²) in [5.41, 5.74) is 0.341. The number of carbonyl (C=O) groups is 1. The molecule has 94 valence electrons. The van der Waals surface area contributed by atoms with Gasteiger partial charge in [0.2, 0.25) is 5.91 Å². The molecule has 0 bridgehead atoms. The van der Waals surface area contributed by atoms with E-state index in [0.717, 1.165) is 12.1 Å². The molecule has 0 radical (unpaired) electrons. The van der Waals surface area contributed by atoms with Gasteiger partial charge in [-0.1, -0.05) is 0 Å². The number of halogens is 2. The third-order valence-corrected chi connectivity index (χ3v) is 2.29. The molecule has 2 N–H and O–H groups in total. The van der Waals surface area contributed by atoms with Crippen molar-refractivity contribution in [1.29, 1.82) is 0 Å². The van der Waals surface area contributed by atoms with Gasteiger partial charge in [0.15, 0.2) is 0 Å². The molecule has 0 aliphatic carbocycles. The van der Waals surface area contributed by atoms with Crippen LogP contribution in [0.15, 0.2) is 18.2 Å². The van der Waals surface area contributed by atoms with E-state index in [2.05, 4.69) is 10.6 Å². The summed E-state index contributed by atoms with van der Waals surface area (Å²) < 4.78 is 26.1. The van der Waals surface area contributed by atoms with E-state index in [1.807, 2.05) is 0 Å². The second-order valence-corrected chi connectivity index (χ2v) is 3.72. The molecule has 0 aromatic heterocycles. The van der Waals surface area contributed by atoms with Crippen LogP contribution >= 0.6 is 0 Å². The van der Waals surface area contributed by atoms with Gasteiger partial charge in [0.05, 0.1) is 6.54 Å². The Bertz CT molecular complexity index is 383. The zero-order valence-electron chi connectivity index (χ0n) is 9.72. The minimum absolute atomic E-state index is 0.104. The quantitative estimate of drug-likeness (QED) is 0.737. The van der Waals surface area contributed by atoms with Gasteiger partial charge >= 0.3 is 0 Å². The highest BCUT2D eigenvalue weighted by molar-refractivity contribution is 5.77. The smallest absolute Gasteiger partial charge is 0.233 e. The van der Waals surface area contributed by atoms with E-state index in [4.69, 9.17) is 0 Å². The van der Waals surface area contributed by atoms with Crippen molar-refractivity contribution in [2.45, 2.75) is 12.8 Å². The summed E-state index contributed by atoms with van der Waals surface area (Å²) in [5.74, 6) is -0.958. The van der Waals surface area contributed by atoms with Crippen LogP contribution in [-0.4, -0.2) is 26.0 Å². The van der Waals surface area contributed by atoms with E-state index in [-0.39, 0.29) is 12.5 Å². The predicted octanol–water partition coefficient (Wildman–Crippen LogP) is 1.23. The maximum Gasteiger partial charge on any atom is 0.233 e. The molecule has 1 amide bonds. The topological polar surface area (TPSA) is 41.1 Å². The Labute approximate surface area is 99.2 Å². The van der Waals surface area contributed by atoms with E-state index in [1.165, 1.54) is 6.07 Å². The molecule has 1 aromatic rings. The molecule has 5 heteroatoms. The molecule has 3 nitrogen and oxygen atoms in total. The average Bonchev–Trinajstić information content (AvgIpc) is 2.29. The normalized spacial score (nSPS) is 10.3. The van der Waals surface area contributed by atoms with Crippen LogP contribution in [0.2, 0.25) is 0 Å². The molecule has 0 saturated heterocycles. The number of rotatable bonds is 6. The highest BCUT2D eigenvalue weighted by atomic mass is 19.1. The summed E-state index contributed by atoms with van der Waals surface area (Å²) in [6.07, 6.45) is 0.985. The lowest BCUT2D eigenvalue weighted by Crippen LogP contribution is -2.32. The summed E-state index contributed by atoms with van der Waals surface area (Å²) in [7, 11) is 1.68. The van der Waals surface area contributed by atoms with Gasteiger partial charge in [0, 0.05) is 6.54 Å². The lowest BCUT2D eigenvalue weighted by molar-refractivity contribution is -0.120. The first-order valence-corrected chi connectivity index (χ1v) is 5.48. The number of benzene rings is 1. The maximum atomic E-state index is 13.2. The first-order valence-electron chi connectivity index (χ1n) is 5.48. The second kappa shape index (κ2) is 6.96. The van der Waals surface area contributed by atoms with Crippen molar-refractivity contribution < 1.29 is 13.6 Å². The average molecular weight is 242 g/mol. The first-order chi connectivity index (χ1) is 8.13. The van der Waals surface area contributed by atoms with Crippen LogP contribution < -0.4 is 10.6 Å². The summed E-state index contributed by atoms with van der Waals surface area (Å²) in [6, 6.07) is 3.39. The van der Waals surface area contributed by atoms with Crippen molar-refractivity contribution in [3.63, 3.8) is 0 Å². The van der Waals surface area contributed by atoms with Gasteiger partial charge in [-0.15, -0.1) is 0 Å². The Kier molecular flexibility index (Phi) is 5.56. The fraction of sp³-hybridized carbons (Fsp3) is 0.417. The Hall–Kier alpha value is -1.49. The molecule has 0 fully saturated rings. The van der Waals surface area contributed by atoms with Crippen molar-refractivity contribution in [3.8, 4) is 0 Å². The minimum atomic E-state index is -0.444. The van der Waals surface area contributed by atoms with E-state index < -0.39 is 11.6 Å². The van der Waals surface area contributed by atoms with Crippen LogP contribution in [0.5, 0.6) is 0 Å². The number of carbonyl (C=O) groups excluding carboxylic acids is 1. The van der Waals surface area contributed by atoms with E-state index >= 15 is 0 Å². The number of hydrogen-bond acceptors (Lipinski definition) is 2. The predicted molar refractivity (Wildman–Crippen MR) is 61.6 cm³/mol. The summed E-state index contributed by atoms with van der Waals surface area (Å²) >= 11 is 0. The lowest BCUT2D eigenvalue weighted by Gasteiger charge is -2.05. The molecule has 1 aromatic carbocycles. The minimum Gasteiger partial charge on any atom is -0.355 e. The van der Waals surface area contributed by atoms with E-state index in [1.54, 1.807) is 7.05 Å². The fourth-order valence-corrected chi connectivity index (χ4v) is 1.46. The monoisotopic (exact) mass is 242 g/mol.